The average molecular weight is 279 g/mol. The van der Waals surface area contributed by atoms with Gasteiger partial charge in [-0.25, -0.2) is 4.79 Å². The predicted molar refractivity (Wildman–Crippen MR) is 78.6 cm³/mol. The van der Waals surface area contributed by atoms with Crippen LogP contribution in [0.5, 0.6) is 0 Å². The molecule has 3 N–H and O–H groups in total. The smallest absolute Gasteiger partial charge is 0.340 e. The monoisotopic (exact) mass is 279 g/mol. The Hall–Kier alpha value is -2.24. The van der Waals surface area contributed by atoms with Gasteiger partial charge in [-0.1, -0.05) is 0 Å². The first-order chi connectivity index (χ1) is 9.45. The van der Waals surface area contributed by atoms with E-state index in [1.54, 1.807) is 39.2 Å². The van der Waals surface area contributed by atoms with Crippen molar-refractivity contribution >= 4 is 23.3 Å². The molecule has 1 rings (SSSR count). The first-order valence-electron chi connectivity index (χ1n) is 6.46. The third kappa shape index (κ3) is 4.46. The second kappa shape index (κ2) is 7.37. The van der Waals surface area contributed by atoms with Crippen molar-refractivity contribution in [3.05, 3.63) is 23.8 Å². The SMILES string of the molecule is CCOC(=O)c1cc(N)ccc1NCCC(=O)N(C)C. The van der Waals surface area contributed by atoms with Gasteiger partial charge < -0.3 is 20.7 Å². The summed E-state index contributed by atoms with van der Waals surface area (Å²) in [5.41, 5.74) is 7.16. The van der Waals surface area contributed by atoms with E-state index in [0.29, 0.717) is 36.5 Å². The molecule has 1 amide bonds. The Kier molecular flexibility index (Phi) is 5.83. The predicted octanol–water partition coefficient (Wildman–Crippen LogP) is 1.34. The number of carbonyl (C=O) groups excluding carboxylic acids is 2. The molecule has 1 aromatic rings. The summed E-state index contributed by atoms with van der Waals surface area (Å²) in [7, 11) is 3.41. The van der Waals surface area contributed by atoms with Gasteiger partial charge in [0.2, 0.25) is 5.91 Å². The van der Waals surface area contributed by atoms with Crippen LogP contribution in [0.15, 0.2) is 18.2 Å². The molecular weight excluding hydrogens is 258 g/mol. The molecule has 0 aliphatic carbocycles. The molecule has 0 unspecified atom stereocenters. The molecule has 0 heterocycles. The maximum Gasteiger partial charge on any atom is 0.340 e. The zero-order chi connectivity index (χ0) is 15.1. The molecule has 110 valence electrons. The van der Waals surface area contributed by atoms with Crippen molar-refractivity contribution in [2.45, 2.75) is 13.3 Å². The fourth-order valence-electron chi connectivity index (χ4n) is 1.62. The molecule has 0 aromatic heterocycles. The van der Waals surface area contributed by atoms with Crippen LogP contribution in [0.1, 0.15) is 23.7 Å². The highest BCUT2D eigenvalue weighted by molar-refractivity contribution is 5.96. The summed E-state index contributed by atoms with van der Waals surface area (Å²) in [5.74, 6) is -0.410. The van der Waals surface area contributed by atoms with Crippen LogP contribution in [0.25, 0.3) is 0 Å². The van der Waals surface area contributed by atoms with Gasteiger partial charge in [0.15, 0.2) is 0 Å². The molecule has 6 heteroatoms. The van der Waals surface area contributed by atoms with Crippen molar-refractivity contribution in [2.75, 3.05) is 38.3 Å². The van der Waals surface area contributed by atoms with Crippen LogP contribution in [-0.4, -0.2) is 44.0 Å². The number of nitrogens with two attached hydrogens (primary N) is 1. The number of nitrogens with one attached hydrogen (secondary N) is 1. The van der Waals surface area contributed by atoms with E-state index in [2.05, 4.69) is 5.32 Å². The van der Waals surface area contributed by atoms with Crippen LogP contribution in [0.2, 0.25) is 0 Å². The molecule has 0 fully saturated rings. The number of anilines is 2. The second-order valence-electron chi connectivity index (χ2n) is 4.49. The molecule has 0 saturated carbocycles. The van der Waals surface area contributed by atoms with Gasteiger partial charge in [-0.15, -0.1) is 0 Å². The Labute approximate surface area is 118 Å². The molecule has 0 aliphatic heterocycles. The zero-order valence-electron chi connectivity index (χ0n) is 12.1. The molecule has 0 saturated heterocycles. The van der Waals surface area contributed by atoms with Crippen LogP contribution in [0.3, 0.4) is 0 Å². The Morgan fingerprint density at radius 1 is 1.35 bits per heavy atom. The lowest BCUT2D eigenvalue weighted by atomic mass is 10.1. The van der Waals surface area contributed by atoms with Crippen LogP contribution in [0, 0.1) is 0 Å². The summed E-state index contributed by atoms with van der Waals surface area (Å²) < 4.78 is 4.98. The molecule has 0 bridgehead atoms. The first kappa shape index (κ1) is 15.8. The molecule has 6 nitrogen and oxygen atoms in total. The van der Waals surface area contributed by atoms with Gasteiger partial charge in [-0.3, -0.25) is 4.79 Å². The van der Waals surface area contributed by atoms with Gasteiger partial charge in [0.1, 0.15) is 0 Å². The van der Waals surface area contributed by atoms with Gasteiger partial charge >= 0.3 is 5.97 Å². The summed E-state index contributed by atoms with van der Waals surface area (Å²) >= 11 is 0. The number of hydrogen-bond acceptors (Lipinski definition) is 5. The minimum absolute atomic E-state index is 0.0191. The lowest BCUT2D eigenvalue weighted by molar-refractivity contribution is -0.128. The lowest BCUT2D eigenvalue weighted by Crippen LogP contribution is -2.24. The third-order valence-corrected chi connectivity index (χ3v) is 2.69. The minimum atomic E-state index is -0.429. The minimum Gasteiger partial charge on any atom is -0.462 e. The Balaban J connectivity index is 2.74. The van der Waals surface area contributed by atoms with E-state index in [0.717, 1.165) is 0 Å². The number of carbonyl (C=O) groups is 2. The number of benzene rings is 1. The third-order valence-electron chi connectivity index (χ3n) is 2.69. The molecule has 0 spiro atoms. The van der Waals surface area contributed by atoms with E-state index in [1.807, 2.05) is 0 Å². The van der Waals surface area contributed by atoms with Crippen LogP contribution in [0.4, 0.5) is 11.4 Å². The van der Waals surface area contributed by atoms with E-state index in [9.17, 15) is 9.59 Å². The topological polar surface area (TPSA) is 84.7 Å². The summed E-state index contributed by atoms with van der Waals surface area (Å²) in [6.07, 6.45) is 0.347. The number of amides is 1. The number of nitrogens with zero attached hydrogens (tertiary/aromatic N) is 1. The van der Waals surface area contributed by atoms with Crippen molar-refractivity contribution in [3.63, 3.8) is 0 Å². The zero-order valence-corrected chi connectivity index (χ0v) is 12.1. The van der Waals surface area contributed by atoms with Gasteiger partial charge in [-0.05, 0) is 25.1 Å². The normalized spacial score (nSPS) is 9.95. The van der Waals surface area contributed by atoms with Crippen molar-refractivity contribution in [3.8, 4) is 0 Å². The van der Waals surface area contributed by atoms with Gasteiger partial charge in [-0.2, -0.15) is 0 Å². The summed E-state index contributed by atoms with van der Waals surface area (Å²) in [6.45, 7) is 2.48. The van der Waals surface area contributed by atoms with Crippen molar-refractivity contribution in [1.82, 2.24) is 4.90 Å². The van der Waals surface area contributed by atoms with Gasteiger partial charge in [0.05, 0.1) is 12.2 Å². The number of nitrogen functional groups attached to an aromatic ring is 1. The largest absolute Gasteiger partial charge is 0.462 e. The number of rotatable bonds is 6. The second-order valence-corrected chi connectivity index (χ2v) is 4.49. The number of esters is 1. The van der Waals surface area contributed by atoms with Crippen LogP contribution in [-0.2, 0) is 9.53 Å². The Morgan fingerprint density at radius 3 is 2.65 bits per heavy atom. The Morgan fingerprint density at radius 2 is 2.05 bits per heavy atom. The summed E-state index contributed by atoms with van der Waals surface area (Å²) in [5, 5.41) is 3.06. The van der Waals surface area contributed by atoms with Crippen molar-refractivity contribution in [1.29, 1.82) is 0 Å². The molecule has 20 heavy (non-hydrogen) atoms. The van der Waals surface area contributed by atoms with Crippen molar-refractivity contribution < 1.29 is 14.3 Å². The maximum atomic E-state index is 11.8. The first-order valence-corrected chi connectivity index (χ1v) is 6.46. The van der Waals surface area contributed by atoms with E-state index in [4.69, 9.17) is 10.5 Å². The van der Waals surface area contributed by atoms with Gasteiger partial charge in [0.25, 0.3) is 0 Å². The van der Waals surface area contributed by atoms with E-state index >= 15 is 0 Å². The summed E-state index contributed by atoms with van der Waals surface area (Å²) in [4.78, 5) is 24.8. The number of hydrogen-bond donors (Lipinski definition) is 2. The standard InChI is InChI=1S/C14H21N3O3/c1-4-20-14(19)11-9-10(15)5-6-12(11)16-8-7-13(18)17(2)3/h5-6,9,16H,4,7-8,15H2,1-3H3. The number of ether oxygens (including phenoxy) is 1. The molecule has 0 radical (unpaired) electrons. The lowest BCUT2D eigenvalue weighted by Gasteiger charge is -2.13. The quantitative estimate of drug-likeness (QED) is 0.606. The van der Waals surface area contributed by atoms with E-state index in [1.165, 1.54) is 4.90 Å². The molecule has 1 aromatic carbocycles. The average Bonchev–Trinajstić information content (AvgIpc) is 2.40. The molecular formula is C14H21N3O3. The van der Waals surface area contributed by atoms with Crippen LogP contribution < -0.4 is 11.1 Å². The fraction of sp³-hybridized carbons (Fsp3) is 0.429. The molecule has 0 aliphatic rings. The summed E-state index contributed by atoms with van der Waals surface area (Å²) in [6, 6.07) is 4.97. The Bertz CT molecular complexity index is 487. The van der Waals surface area contributed by atoms with Gasteiger partial charge in [0, 0.05) is 38.4 Å². The van der Waals surface area contributed by atoms with Crippen LogP contribution >= 0.6 is 0 Å². The maximum absolute atomic E-state index is 11.8. The highest BCUT2D eigenvalue weighted by Gasteiger charge is 2.13. The van der Waals surface area contributed by atoms with E-state index in [-0.39, 0.29) is 5.91 Å². The fourth-order valence-corrected chi connectivity index (χ4v) is 1.62. The van der Waals surface area contributed by atoms with Crippen molar-refractivity contribution in [2.24, 2.45) is 0 Å². The highest BCUT2D eigenvalue weighted by Crippen LogP contribution is 2.20. The molecule has 0 atom stereocenters. The highest BCUT2D eigenvalue weighted by atomic mass is 16.5. The van der Waals surface area contributed by atoms with E-state index < -0.39 is 5.97 Å².